The average Bonchev–Trinajstić information content (AvgIpc) is 3.35. The largest absolute Gasteiger partial charge is 0.462 e. The number of carbonyl (C=O) groups excluding carboxylic acids is 3. The second-order valence-electron chi connectivity index (χ2n) is 18.8. The van der Waals surface area contributed by atoms with Gasteiger partial charge in [-0.1, -0.05) is 259 Å². The van der Waals surface area contributed by atoms with Gasteiger partial charge in [0.15, 0.2) is 6.10 Å². The van der Waals surface area contributed by atoms with E-state index in [0.29, 0.717) is 19.3 Å². The van der Waals surface area contributed by atoms with Gasteiger partial charge in [0.25, 0.3) is 0 Å². The van der Waals surface area contributed by atoms with Crippen molar-refractivity contribution in [2.45, 2.75) is 271 Å². The number of esters is 3. The van der Waals surface area contributed by atoms with Gasteiger partial charge in [-0.3, -0.25) is 14.4 Å². The predicted molar refractivity (Wildman–Crippen MR) is 297 cm³/mol. The number of carbonyl (C=O) groups is 3. The molecule has 0 aliphatic rings. The van der Waals surface area contributed by atoms with Gasteiger partial charge in [-0.05, 0) is 83.5 Å². The third-order valence-corrected chi connectivity index (χ3v) is 12.1. The molecule has 0 saturated heterocycles. The first-order valence-corrected chi connectivity index (χ1v) is 28.7. The van der Waals surface area contributed by atoms with Crippen molar-refractivity contribution in [1.29, 1.82) is 0 Å². The number of allylic oxidation sites excluding steroid dienone is 16. The van der Waals surface area contributed by atoms with Crippen LogP contribution in [0, 0.1) is 0 Å². The maximum atomic E-state index is 12.7. The Morgan fingerprint density at radius 3 is 0.884 bits per heavy atom. The quantitative estimate of drug-likeness (QED) is 0.0262. The Hall–Kier alpha value is -3.67. The van der Waals surface area contributed by atoms with Crippen LogP contribution in [0.25, 0.3) is 0 Å². The van der Waals surface area contributed by atoms with Gasteiger partial charge in [0, 0.05) is 19.3 Å². The Morgan fingerprint density at radius 1 is 0.304 bits per heavy atom. The smallest absolute Gasteiger partial charge is 0.306 e. The maximum Gasteiger partial charge on any atom is 0.306 e. The molecule has 0 aromatic heterocycles. The molecule has 6 nitrogen and oxygen atoms in total. The number of unbranched alkanes of at least 4 members (excludes halogenated alkanes) is 24. The van der Waals surface area contributed by atoms with Crippen LogP contribution in [0.1, 0.15) is 265 Å². The van der Waals surface area contributed by atoms with Crippen LogP contribution < -0.4 is 0 Å². The Balaban J connectivity index is 4.00. The zero-order valence-electron chi connectivity index (χ0n) is 45.0. The lowest BCUT2D eigenvalue weighted by Gasteiger charge is -2.18. The molecular weight excluding hydrogens is 853 g/mol. The zero-order chi connectivity index (χ0) is 50.0. The summed E-state index contributed by atoms with van der Waals surface area (Å²) in [7, 11) is 0. The highest BCUT2D eigenvalue weighted by Crippen LogP contribution is 2.15. The minimum atomic E-state index is -0.771. The molecule has 0 rings (SSSR count). The van der Waals surface area contributed by atoms with E-state index in [-0.39, 0.29) is 31.1 Å². The molecule has 0 radical (unpaired) electrons. The van der Waals surface area contributed by atoms with E-state index in [4.69, 9.17) is 14.2 Å². The molecule has 0 heterocycles. The molecule has 0 aromatic rings. The summed E-state index contributed by atoms with van der Waals surface area (Å²) in [6, 6.07) is 0. The molecule has 0 aliphatic heterocycles. The molecule has 0 aromatic carbocycles. The van der Waals surface area contributed by atoms with Crippen molar-refractivity contribution in [1.82, 2.24) is 0 Å². The SMILES string of the molecule is CC/C=C\C/C=C\C/C=C\C/C=C\C/C=C\C/C=C\C/C=C\C/C=C\CCCCCCCCCCCCC(=O)OCC(COC(=O)CCCCCCCCCC)OC(=O)CCCCCCCCCC. The summed E-state index contributed by atoms with van der Waals surface area (Å²) in [5, 5.41) is 0. The molecule has 0 aliphatic carbocycles. The van der Waals surface area contributed by atoms with E-state index >= 15 is 0 Å². The van der Waals surface area contributed by atoms with Crippen LogP contribution in [0.15, 0.2) is 97.2 Å². The summed E-state index contributed by atoms with van der Waals surface area (Å²) in [5.74, 6) is -0.887. The van der Waals surface area contributed by atoms with Crippen LogP contribution in [0.2, 0.25) is 0 Å². The van der Waals surface area contributed by atoms with E-state index in [9.17, 15) is 14.4 Å². The minimum absolute atomic E-state index is 0.0749. The van der Waals surface area contributed by atoms with Crippen molar-refractivity contribution in [3.05, 3.63) is 97.2 Å². The van der Waals surface area contributed by atoms with Gasteiger partial charge in [0.05, 0.1) is 0 Å². The van der Waals surface area contributed by atoms with Crippen molar-refractivity contribution in [2.24, 2.45) is 0 Å². The van der Waals surface area contributed by atoms with Gasteiger partial charge in [0.2, 0.25) is 0 Å². The number of hydrogen-bond acceptors (Lipinski definition) is 6. The molecule has 394 valence electrons. The van der Waals surface area contributed by atoms with Crippen molar-refractivity contribution in [3.8, 4) is 0 Å². The first-order chi connectivity index (χ1) is 34.0. The minimum Gasteiger partial charge on any atom is -0.462 e. The van der Waals surface area contributed by atoms with Crippen molar-refractivity contribution in [2.75, 3.05) is 13.2 Å². The summed E-state index contributed by atoms with van der Waals surface area (Å²) in [4.78, 5) is 37.7. The Labute approximate surface area is 426 Å². The number of rotatable bonds is 51. The van der Waals surface area contributed by atoms with Crippen molar-refractivity contribution >= 4 is 17.9 Å². The van der Waals surface area contributed by atoms with Gasteiger partial charge in [-0.25, -0.2) is 0 Å². The van der Waals surface area contributed by atoms with E-state index < -0.39 is 6.10 Å². The molecule has 0 N–H and O–H groups in total. The van der Waals surface area contributed by atoms with Crippen molar-refractivity contribution in [3.63, 3.8) is 0 Å². The molecule has 6 heteroatoms. The van der Waals surface area contributed by atoms with Crippen LogP contribution in [0.3, 0.4) is 0 Å². The van der Waals surface area contributed by atoms with Gasteiger partial charge < -0.3 is 14.2 Å². The van der Waals surface area contributed by atoms with Crippen molar-refractivity contribution < 1.29 is 28.6 Å². The first kappa shape index (κ1) is 65.3. The van der Waals surface area contributed by atoms with Crippen LogP contribution >= 0.6 is 0 Å². The third-order valence-electron chi connectivity index (χ3n) is 12.1. The summed E-state index contributed by atoms with van der Waals surface area (Å²) in [5.41, 5.74) is 0. The summed E-state index contributed by atoms with van der Waals surface area (Å²) in [6.07, 6.45) is 75.8. The number of hydrogen-bond donors (Lipinski definition) is 0. The van der Waals surface area contributed by atoms with E-state index in [1.165, 1.54) is 116 Å². The topological polar surface area (TPSA) is 78.9 Å². The lowest BCUT2D eigenvalue weighted by atomic mass is 10.1. The second-order valence-corrected chi connectivity index (χ2v) is 18.8. The first-order valence-electron chi connectivity index (χ1n) is 28.7. The fourth-order valence-corrected chi connectivity index (χ4v) is 7.81. The lowest BCUT2D eigenvalue weighted by Crippen LogP contribution is -2.30. The monoisotopic (exact) mass is 959 g/mol. The highest BCUT2D eigenvalue weighted by Gasteiger charge is 2.19. The fraction of sp³-hybridized carbons (Fsp3) is 0.698. The fourth-order valence-electron chi connectivity index (χ4n) is 7.81. The molecule has 1 unspecified atom stereocenters. The molecular formula is C63H106O6. The predicted octanol–water partition coefficient (Wildman–Crippen LogP) is 19.3. The van der Waals surface area contributed by atoms with E-state index in [1.54, 1.807) is 0 Å². The third kappa shape index (κ3) is 55.1. The molecule has 0 saturated carbocycles. The van der Waals surface area contributed by atoms with E-state index in [0.717, 1.165) is 109 Å². The van der Waals surface area contributed by atoms with E-state index in [1.807, 2.05) is 0 Å². The normalized spacial score (nSPS) is 12.8. The molecule has 0 spiro atoms. The van der Waals surface area contributed by atoms with Gasteiger partial charge in [-0.15, -0.1) is 0 Å². The summed E-state index contributed by atoms with van der Waals surface area (Å²) in [6.45, 7) is 6.46. The number of ether oxygens (including phenoxy) is 3. The average molecular weight is 960 g/mol. The molecule has 1 atom stereocenters. The Bertz CT molecular complexity index is 1380. The van der Waals surface area contributed by atoms with Crippen LogP contribution in [0.5, 0.6) is 0 Å². The summed E-state index contributed by atoms with van der Waals surface area (Å²) < 4.78 is 16.7. The van der Waals surface area contributed by atoms with Gasteiger partial charge in [-0.2, -0.15) is 0 Å². The Kier molecular flexibility index (Phi) is 53.9. The van der Waals surface area contributed by atoms with Gasteiger partial charge >= 0.3 is 17.9 Å². The molecule has 0 amide bonds. The van der Waals surface area contributed by atoms with E-state index in [2.05, 4.69) is 118 Å². The highest BCUT2D eigenvalue weighted by atomic mass is 16.6. The highest BCUT2D eigenvalue weighted by molar-refractivity contribution is 5.71. The molecule has 0 bridgehead atoms. The van der Waals surface area contributed by atoms with Crippen LogP contribution in [-0.2, 0) is 28.6 Å². The Morgan fingerprint density at radius 2 is 0.565 bits per heavy atom. The summed E-state index contributed by atoms with van der Waals surface area (Å²) >= 11 is 0. The van der Waals surface area contributed by atoms with Gasteiger partial charge in [0.1, 0.15) is 13.2 Å². The second kappa shape index (κ2) is 56.9. The van der Waals surface area contributed by atoms with Crippen LogP contribution in [-0.4, -0.2) is 37.2 Å². The molecule has 0 fully saturated rings. The van der Waals surface area contributed by atoms with Crippen LogP contribution in [0.4, 0.5) is 0 Å². The lowest BCUT2D eigenvalue weighted by molar-refractivity contribution is -0.167. The molecule has 69 heavy (non-hydrogen) atoms. The standard InChI is InChI=1S/C63H106O6/c1-4-7-10-13-16-19-20-21-22-23-24-25-26-27-28-29-30-31-32-33-34-35-36-37-38-39-40-41-42-43-44-45-48-50-53-56-62(65)68-59-60(69-63(66)57-54-51-47-18-15-12-9-6-3)58-67-61(64)55-52-49-46-17-14-11-8-5-2/h7,10,16,19,21-22,24-25,27-28,30-31,33-34,36-37,60H,4-6,8-9,11-15,17-18,20,23,26,29,32,35,38-59H2,1-3H3/b10-7-,19-16-,22-21-,25-24-,28-27-,31-30-,34-33-,37-36-. The maximum absolute atomic E-state index is 12.7. The zero-order valence-corrected chi connectivity index (χ0v) is 45.0.